The summed E-state index contributed by atoms with van der Waals surface area (Å²) in [6.45, 7) is 0. The van der Waals surface area contributed by atoms with Gasteiger partial charge < -0.3 is 4.74 Å². The molecule has 1 aromatic rings. The molecule has 0 radical (unpaired) electrons. The SMILES string of the molecule is CSn1ccc(OC=C2CC2)n1. The average Bonchev–Trinajstić information content (AvgIpc) is 2.81. The zero-order chi connectivity index (χ0) is 8.39. The van der Waals surface area contributed by atoms with E-state index < -0.39 is 0 Å². The van der Waals surface area contributed by atoms with Gasteiger partial charge in [-0.2, -0.15) is 0 Å². The average molecular weight is 182 g/mol. The molecule has 3 nitrogen and oxygen atoms in total. The van der Waals surface area contributed by atoms with Gasteiger partial charge >= 0.3 is 0 Å². The standard InChI is InChI=1S/C8H10N2OS/c1-12-10-5-4-8(9-10)11-6-7-2-3-7/h4-6H,2-3H2,1H3. The van der Waals surface area contributed by atoms with Crippen molar-refractivity contribution in [2.75, 3.05) is 6.26 Å². The van der Waals surface area contributed by atoms with Crippen molar-refractivity contribution in [3.8, 4) is 5.88 Å². The van der Waals surface area contributed by atoms with E-state index in [-0.39, 0.29) is 0 Å². The number of aromatic nitrogens is 2. The topological polar surface area (TPSA) is 27.1 Å². The van der Waals surface area contributed by atoms with Crippen LogP contribution in [0.3, 0.4) is 0 Å². The van der Waals surface area contributed by atoms with Crippen LogP contribution in [0.5, 0.6) is 5.88 Å². The van der Waals surface area contributed by atoms with Crippen LogP contribution in [0.25, 0.3) is 0 Å². The molecule has 1 aliphatic rings. The van der Waals surface area contributed by atoms with Crippen molar-refractivity contribution in [3.63, 3.8) is 0 Å². The monoisotopic (exact) mass is 182 g/mol. The van der Waals surface area contributed by atoms with Crippen molar-refractivity contribution < 1.29 is 4.74 Å². The van der Waals surface area contributed by atoms with E-state index in [4.69, 9.17) is 4.74 Å². The van der Waals surface area contributed by atoms with Gasteiger partial charge in [-0.25, -0.2) is 4.09 Å². The lowest BCUT2D eigenvalue weighted by Crippen LogP contribution is -1.86. The first kappa shape index (κ1) is 7.73. The summed E-state index contributed by atoms with van der Waals surface area (Å²) in [5.41, 5.74) is 1.37. The predicted molar refractivity (Wildman–Crippen MR) is 49.1 cm³/mol. The highest BCUT2D eigenvalue weighted by Gasteiger charge is 2.11. The Hall–Kier alpha value is -0.900. The van der Waals surface area contributed by atoms with Gasteiger partial charge in [0.1, 0.15) is 0 Å². The van der Waals surface area contributed by atoms with Gasteiger partial charge in [-0.15, -0.1) is 5.10 Å². The Labute approximate surface area is 75.5 Å². The molecule has 0 amide bonds. The van der Waals surface area contributed by atoms with E-state index in [2.05, 4.69) is 5.10 Å². The Morgan fingerprint density at radius 1 is 1.67 bits per heavy atom. The fourth-order valence-corrected chi connectivity index (χ4v) is 1.13. The second kappa shape index (κ2) is 3.23. The maximum Gasteiger partial charge on any atom is 0.238 e. The van der Waals surface area contributed by atoms with Crippen molar-refractivity contribution in [3.05, 3.63) is 24.1 Å². The quantitative estimate of drug-likeness (QED) is 0.669. The lowest BCUT2D eigenvalue weighted by atomic mass is 10.7. The molecule has 1 aromatic heterocycles. The summed E-state index contributed by atoms with van der Waals surface area (Å²) in [5.74, 6) is 0.670. The molecule has 1 fully saturated rings. The maximum atomic E-state index is 5.31. The largest absolute Gasteiger partial charge is 0.445 e. The highest BCUT2D eigenvalue weighted by Crippen LogP contribution is 2.27. The fraction of sp³-hybridized carbons (Fsp3) is 0.375. The Bertz CT molecular complexity index is 300. The minimum Gasteiger partial charge on any atom is -0.445 e. The fourth-order valence-electron chi connectivity index (χ4n) is 0.790. The highest BCUT2D eigenvalue weighted by molar-refractivity contribution is 7.97. The van der Waals surface area contributed by atoms with Crippen molar-refractivity contribution in [1.29, 1.82) is 0 Å². The highest BCUT2D eigenvalue weighted by atomic mass is 32.2. The number of hydrogen-bond donors (Lipinski definition) is 0. The Morgan fingerprint density at radius 3 is 3.08 bits per heavy atom. The molecule has 0 saturated heterocycles. The molecule has 1 heterocycles. The number of ether oxygens (including phenoxy) is 1. The van der Waals surface area contributed by atoms with Crippen LogP contribution in [0, 0.1) is 0 Å². The number of nitrogens with zero attached hydrogens (tertiary/aromatic N) is 2. The molecule has 4 heteroatoms. The minimum atomic E-state index is 0.670. The summed E-state index contributed by atoms with van der Waals surface area (Å²) >= 11 is 1.54. The van der Waals surface area contributed by atoms with Gasteiger partial charge in [0.25, 0.3) is 0 Å². The molecular formula is C8H10N2OS. The zero-order valence-corrected chi connectivity index (χ0v) is 7.67. The summed E-state index contributed by atoms with van der Waals surface area (Å²) in [7, 11) is 0. The van der Waals surface area contributed by atoms with Crippen LogP contribution < -0.4 is 4.74 Å². The second-order valence-corrected chi connectivity index (χ2v) is 3.37. The maximum absolute atomic E-state index is 5.31. The van der Waals surface area contributed by atoms with E-state index in [9.17, 15) is 0 Å². The molecule has 64 valence electrons. The van der Waals surface area contributed by atoms with Crippen LogP contribution in [0.4, 0.5) is 0 Å². The van der Waals surface area contributed by atoms with Crippen LogP contribution >= 0.6 is 11.9 Å². The van der Waals surface area contributed by atoms with Gasteiger partial charge in [-0.05, 0) is 30.4 Å². The van der Waals surface area contributed by atoms with E-state index in [1.54, 1.807) is 22.3 Å². The molecule has 0 aromatic carbocycles. The zero-order valence-electron chi connectivity index (χ0n) is 6.86. The third kappa shape index (κ3) is 1.82. The summed E-state index contributed by atoms with van der Waals surface area (Å²) in [5, 5.41) is 4.14. The molecule has 0 bridgehead atoms. The predicted octanol–water partition coefficient (Wildman–Crippen LogP) is 2.07. The molecule has 0 unspecified atom stereocenters. The first-order valence-corrected chi connectivity index (χ1v) is 5.01. The van der Waals surface area contributed by atoms with Crippen molar-refractivity contribution >= 4 is 11.9 Å². The molecule has 0 atom stereocenters. The molecule has 0 N–H and O–H groups in total. The van der Waals surface area contributed by atoms with Crippen LogP contribution in [0.2, 0.25) is 0 Å². The third-order valence-corrected chi connectivity index (χ3v) is 2.19. The lowest BCUT2D eigenvalue weighted by Gasteiger charge is -1.92. The second-order valence-electron chi connectivity index (χ2n) is 2.63. The number of hydrogen-bond acceptors (Lipinski definition) is 3. The normalized spacial score (nSPS) is 14.6. The van der Waals surface area contributed by atoms with E-state index in [0.717, 1.165) is 0 Å². The summed E-state index contributed by atoms with van der Waals surface area (Å²) < 4.78 is 7.07. The van der Waals surface area contributed by atoms with Gasteiger partial charge in [-0.3, -0.25) is 0 Å². The van der Waals surface area contributed by atoms with Gasteiger partial charge in [0, 0.05) is 18.5 Å². The first-order chi connectivity index (χ1) is 5.88. The van der Waals surface area contributed by atoms with Gasteiger partial charge in [-0.1, -0.05) is 0 Å². The molecule has 0 aliphatic heterocycles. The molecular weight excluding hydrogens is 172 g/mol. The van der Waals surface area contributed by atoms with Gasteiger partial charge in [0.2, 0.25) is 5.88 Å². The van der Waals surface area contributed by atoms with E-state index in [0.29, 0.717) is 5.88 Å². The van der Waals surface area contributed by atoms with Gasteiger partial charge in [0.05, 0.1) is 6.26 Å². The van der Waals surface area contributed by atoms with Crippen LogP contribution in [-0.2, 0) is 0 Å². The molecule has 2 rings (SSSR count). The molecule has 12 heavy (non-hydrogen) atoms. The lowest BCUT2D eigenvalue weighted by molar-refractivity contribution is 0.456. The smallest absolute Gasteiger partial charge is 0.238 e. The van der Waals surface area contributed by atoms with Gasteiger partial charge in [0.15, 0.2) is 0 Å². The summed E-state index contributed by atoms with van der Waals surface area (Å²) in [6, 6.07) is 1.86. The Kier molecular flexibility index (Phi) is 2.08. The number of rotatable bonds is 3. The molecule has 0 spiro atoms. The van der Waals surface area contributed by atoms with Crippen LogP contribution in [0.1, 0.15) is 12.8 Å². The van der Waals surface area contributed by atoms with Crippen LogP contribution in [0.15, 0.2) is 24.1 Å². The van der Waals surface area contributed by atoms with E-state index in [1.807, 2.05) is 18.5 Å². The first-order valence-electron chi connectivity index (χ1n) is 3.83. The Morgan fingerprint density at radius 2 is 2.50 bits per heavy atom. The summed E-state index contributed by atoms with van der Waals surface area (Å²) in [6.07, 6.45) is 8.01. The van der Waals surface area contributed by atoms with Crippen molar-refractivity contribution in [2.45, 2.75) is 12.8 Å². The van der Waals surface area contributed by atoms with Crippen molar-refractivity contribution in [2.24, 2.45) is 0 Å². The van der Waals surface area contributed by atoms with Crippen LogP contribution in [-0.4, -0.2) is 15.4 Å². The van der Waals surface area contributed by atoms with E-state index in [1.165, 1.54) is 18.4 Å². The number of allylic oxidation sites excluding steroid dienone is 1. The molecule has 1 saturated carbocycles. The third-order valence-electron chi connectivity index (χ3n) is 1.61. The van der Waals surface area contributed by atoms with E-state index >= 15 is 0 Å². The van der Waals surface area contributed by atoms with Crippen molar-refractivity contribution in [1.82, 2.24) is 9.19 Å². The summed E-state index contributed by atoms with van der Waals surface area (Å²) in [4.78, 5) is 0. The minimum absolute atomic E-state index is 0.670. The Balaban J connectivity index is 1.98. The molecule has 1 aliphatic carbocycles.